The molecular formula is C20H18N4O3. The zero-order valence-electron chi connectivity index (χ0n) is 14.7. The summed E-state index contributed by atoms with van der Waals surface area (Å²) in [7, 11) is 0. The van der Waals surface area contributed by atoms with Gasteiger partial charge in [-0.1, -0.05) is 30.3 Å². The van der Waals surface area contributed by atoms with Crippen LogP contribution in [0, 0.1) is 6.92 Å². The third-order valence-electron chi connectivity index (χ3n) is 4.07. The van der Waals surface area contributed by atoms with Crippen molar-refractivity contribution in [1.82, 2.24) is 20.5 Å². The van der Waals surface area contributed by atoms with E-state index in [-0.39, 0.29) is 18.1 Å². The van der Waals surface area contributed by atoms with E-state index >= 15 is 0 Å². The summed E-state index contributed by atoms with van der Waals surface area (Å²) in [6, 6.07) is 16.8. The predicted octanol–water partition coefficient (Wildman–Crippen LogP) is 3.37. The Labute approximate surface area is 155 Å². The highest BCUT2D eigenvalue weighted by Crippen LogP contribution is 2.18. The summed E-state index contributed by atoms with van der Waals surface area (Å²) >= 11 is 0. The smallest absolute Gasteiger partial charge is 0.272 e. The summed E-state index contributed by atoms with van der Waals surface area (Å²) < 4.78 is 11.3. The Morgan fingerprint density at radius 3 is 2.85 bits per heavy atom. The number of aromatic nitrogens is 3. The number of hydrogen-bond donors (Lipinski definition) is 2. The minimum atomic E-state index is -0.309. The molecule has 7 nitrogen and oxygen atoms in total. The molecule has 0 aliphatic heterocycles. The minimum absolute atomic E-state index is 0.190. The molecule has 0 atom stereocenters. The van der Waals surface area contributed by atoms with E-state index in [1.54, 1.807) is 6.07 Å². The normalized spacial score (nSPS) is 10.9. The minimum Gasteiger partial charge on any atom is -0.487 e. The van der Waals surface area contributed by atoms with Gasteiger partial charge in [-0.05, 0) is 36.8 Å². The Bertz CT molecular complexity index is 1070. The van der Waals surface area contributed by atoms with Crippen LogP contribution in [0.2, 0.25) is 0 Å². The van der Waals surface area contributed by atoms with E-state index in [0.29, 0.717) is 23.8 Å². The van der Waals surface area contributed by atoms with Gasteiger partial charge in [0.15, 0.2) is 5.58 Å². The Morgan fingerprint density at radius 1 is 1.19 bits per heavy atom. The van der Waals surface area contributed by atoms with Crippen LogP contribution < -0.4 is 10.1 Å². The Morgan fingerprint density at radius 2 is 2.04 bits per heavy atom. The van der Waals surface area contributed by atoms with Crippen LogP contribution in [0.3, 0.4) is 0 Å². The van der Waals surface area contributed by atoms with Crippen molar-refractivity contribution >= 4 is 17.0 Å². The number of carbonyl (C=O) groups excluding carboxylic acids is 1. The first kappa shape index (κ1) is 16.8. The number of H-pyrrole nitrogens is 1. The maximum atomic E-state index is 12.3. The number of benzene rings is 2. The maximum absolute atomic E-state index is 12.3. The molecule has 7 heteroatoms. The largest absolute Gasteiger partial charge is 0.487 e. The number of para-hydroxylation sites is 2. The highest BCUT2D eigenvalue weighted by Gasteiger charge is 2.13. The van der Waals surface area contributed by atoms with Crippen molar-refractivity contribution in [2.75, 3.05) is 0 Å². The Kier molecular flexibility index (Phi) is 4.57. The first-order chi connectivity index (χ1) is 13.2. The lowest BCUT2D eigenvalue weighted by Crippen LogP contribution is -2.23. The van der Waals surface area contributed by atoms with Gasteiger partial charge in [0.1, 0.15) is 23.6 Å². The second kappa shape index (κ2) is 7.33. The predicted molar refractivity (Wildman–Crippen MR) is 99.3 cm³/mol. The summed E-state index contributed by atoms with van der Waals surface area (Å²) in [6.07, 6.45) is 0. The Hall–Kier alpha value is -3.61. The molecule has 0 fully saturated rings. The van der Waals surface area contributed by atoms with Crippen molar-refractivity contribution in [3.8, 4) is 5.75 Å². The van der Waals surface area contributed by atoms with Crippen LogP contribution in [0.1, 0.15) is 27.6 Å². The van der Waals surface area contributed by atoms with Gasteiger partial charge in [0.05, 0.1) is 12.2 Å². The molecule has 4 aromatic rings. The van der Waals surface area contributed by atoms with E-state index in [9.17, 15) is 4.79 Å². The van der Waals surface area contributed by atoms with Gasteiger partial charge in [-0.3, -0.25) is 9.89 Å². The molecule has 2 aromatic heterocycles. The number of fused-ring (bicyclic) bond motifs is 1. The molecule has 0 unspecified atom stereocenters. The van der Waals surface area contributed by atoms with Gasteiger partial charge >= 0.3 is 0 Å². The number of nitrogens with one attached hydrogen (secondary N) is 2. The highest BCUT2D eigenvalue weighted by atomic mass is 16.5. The molecule has 2 heterocycles. The summed E-state index contributed by atoms with van der Waals surface area (Å²) in [4.78, 5) is 16.7. The molecule has 0 saturated heterocycles. The SMILES string of the molecule is Cc1cccc2oc(CNC(=O)c3cc(COc4ccccc4)[nH]n3)nc12. The van der Waals surface area contributed by atoms with Gasteiger partial charge in [0.25, 0.3) is 5.91 Å². The number of carbonyl (C=O) groups is 1. The van der Waals surface area contributed by atoms with E-state index in [1.807, 2.05) is 55.5 Å². The van der Waals surface area contributed by atoms with Crippen LogP contribution in [0.5, 0.6) is 5.75 Å². The number of amides is 1. The van der Waals surface area contributed by atoms with E-state index in [1.165, 1.54) is 0 Å². The van der Waals surface area contributed by atoms with Gasteiger partial charge < -0.3 is 14.5 Å². The van der Waals surface area contributed by atoms with Crippen LogP contribution in [0.4, 0.5) is 0 Å². The van der Waals surface area contributed by atoms with Crippen LogP contribution in [-0.2, 0) is 13.2 Å². The third-order valence-corrected chi connectivity index (χ3v) is 4.07. The number of oxazole rings is 1. The summed E-state index contributed by atoms with van der Waals surface area (Å²) in [5.74, 6) is 0.899. The van der Waals surface area contributed by atoms with Crippen LogP contribution in [0.25, 0.3) is 11.1 Å². The van der Waals surface area contributed by atoms with Crippen molar-refractivity contribution in [1.29, 1.82) is 0 Å². The standard InChI is InChI=1S/C20H18N4O3/c1-13-6-5-9-17-19(13)22-18(27-17)11-21-20(25)16-10-14(23-24-16)12-26-15-7-3-2-4-8-15/h2-10H,11-12H2,1H3,(H,21,25)(H,23,24). The van der Waals surface area contributed by atoms with Gasteiger partial charge in [-0.2, -0.15) is 5.10 Å². The molecule has 2 aromatic carbocycles. The fraction of sp³-hybridized carbons (Fsp3) is 0.150. The summed E-state index contributed by atoms with van der Waals surface area (Å²) in [5, 5.41) is 9.60. The van der Waals surface area contributed by atoms with Crippen molar-refractivity contribution in [2.45, 2.75) is 20.1 Å². The van der Waals surface area contributed by atoms with Gasteiger partial charge in [-0.15, -0.1) is 0 Å². The van der Waals surface area contributed by atoms with Gasteiger partial charge in [0, 0.05) is 0 Å². The van der Waals surface area contributed by atoms with Crippen molar-refractivity contribution < 1.29 is 13.9 Å². The number of rotatable bonds is 6. The van der Waals surface area contributed by atoms with E-state index in [4.69, 9.17) is 9.15 Å². The average Bonchev–Trinajstić information content (AvgIpc) is 3.33. The fourth-order valence-electron chi connectivity index (χ4n) is 2.68. The Balaban J connectivity index is 1.35. The lowest BCUT2D eigenvalue weighted by molar-refractivity contribution is 0.0942. The third kappa shape index (κ3) is 3.82. The second-order valence-electron chi connectivity index (χ2n) is 6.09. The van der Waals surface area contributed by atoms with Crippen molar-refractivity contribution in [3.63, 3.8) is 0 Å². The molecule has 0 spiro atoms. The van der Waals surface area contributed by atoms with E-state index in [0.717, 1.165) is 16.8 Å². The number of ether oxygens (including phenoxy) is 1. The second-order valence-corrected chi connectivity index (χ2v) is 6.09. The molecule has 0 saturated carbocycles. The lowest BCUT2D eigenvalue weighted by Gasteiger charge is -2.02. The quantitative estimate of drug-likeness (QED) is 0.548. The van der Waals surface area contributed by atoms with E-state index in [2.05, 4.69) is 20.5 Å². The number of aryl methyl sites for hydroxylation is 1. The first-order valence-electron chi connectivity index (χ1n) is 8.54. The molecule has 0 aliphatic carbocycles. The molecule has 2 N–H and O–H groups in total. The van der Waals surface area contributed by atoms with Crippen molar-refractivity contribution in [3.05, 3.63) is 77.4 Å². The first-order valence-corrected chi connectivity index (χ1v) is 8.54. The zero-order valence-corrected chi connectivity index (χ0v) is 14.7. The van der Waals surface area contributed by atoms with E-state index < -0.39 is 0 Å². The van der Waals surface area contributed by atoms with Gasteiger partial charge in [-0.25, -0.2) is 4.98 Å². The maximum Gasteiger partial charge on any atom is 0.272 e. The molecule has 4 rings (SSSR count). The average molecular weight is 362 g/mol. The lowest BCUT2D eigenvalue weighted by atomic mass is 10.2. The number of aromatic amines is 1. The molecule has 0 radical (unpaired) electrons. The number of nitrogens with zero attached hydrogens (tertiary/aromatic N) is 2. The fourth-order valence-corrected chi connectivity index (χ4v) is 2.68. The van der Waals surface area contributed by atoms with Gasteiger partial charge in [0.2, 0.25) is 5.89 Å². The molecule has 136 valence electrons. The monoisotopic (exact) mass is 362 g/mol. The zero-order chi connectivity index (χ0) is 18.6. The molecule has 0 bridgehead atoms. The van der Waals surface area contributed by atoms with Crippen LogP contribution >= 0.6 is 0 Å². The van der Waals surface area contributed by atoms with Crippen molar-refractivity contribution in [2.24, 2.45) is 0 Å². The summed E-state index contributed by atoms with van der Waals surface area (Å²) in [5.41, 5.74) is 3.54. The topological polar surface area (TPSA) is 93.0 Å². The summed E-state index contributed by atoms with van der Waals surface area (Å²) in [6.45, 7) is 2.46. The molecule has 27 heavy (non-hydrogen) atoms. The number of hydrogen-bond acceptors (Lipinski definition) is 5. The molecule has 1 amide bonds. The molecular weight excluding hydrogens is 344 g/mol. The van der Waals surface area contributed by atoms with Crippen LogP contribution in [-0.4, -0.2) is 21.1 Å². The highest BCUT2D eigenvalue weighted by molar-refractivity contribution is 5.92. The molecule has 0 aliphatic rings. The van der Waals surface area contributed by atoms with Crippen LogP contribution in [0.15, 0.2) is 59.0 Å².